The highest BCUT2D eigenvalue weighted by atomic mass is 16.5. The molecule has 1 heterocycles. The molecule has 7 heteroatoms. The smallest absolute Gasteiger partial charge is 0.255 e. The molecule has 0 bridgehead atoms. The Kier molecular flexibility index (Phi) is 7.10. The van der Waals surface area contributed by atoms with Crippen molar-refractivity contribution in [1.29, 1.82) is 0 Å². The summed E-state index contributed by atoms with van der Waals surface area (Å²) in [6.07, 6.45) is 8.08. The van der Waals surface area contributed by atoms with Gasteiger partial charge in [-0.05, 0) is 80.2 Å². The van der Waals surface area contributed by atoms with Gasteiger partial charge >= 0.3 is 0 Å². The normalized spacial score (nSPS) is 19.8. The lowest BCUT2D eigenvalue weighted by molar-refractivity contribution is 0.0714. The number of hydrogen-bond donors (Lipinski definition) is 2. The fourth-order valence-corrected chi connectivity index (χ4v) is 5.00. The van der Waals surface area contributed by atoms with Crippen molar-refractivity contribution in [1.82, 2.24) is 20.3 Å². The lowest BCUT2D eigenvalue weighted by Gasteiger charge is -2.29. The van der Waals surface area contributed by atoms with Crippen LogP contribution in [0.2, 0.25) is 0 Å². The second-order valence-electron chi connectivity index (χ2n) is 10.5. The standard InChI is InChI=1S/C29H36N4O3/c1-18-19(2)28(36-17-21-8-9-21)24(29(35)30-25-6-4-5-7-27(25)34)15-23(18)14-20-10-12-22(13-11-20)26-16-33(3)32-31-26/h10-13,15-16,21,25,27,34H,4-9,14,17H2,1-3H3,(H,30,35)/t25-,27-/m0/s1. The molecule has 3 aromatic rings. The first kappa shape index (κ1) is 24.5. The van der Waals surface area contributed by atoms with Gasteiger partial charge in [0.2, 0.25) is 0 Å². The zero-order chi connectivity index (χ0) is 25.2. The first-order valence-corrected chi connectivity index (χ1v) is 13.1. The summed E-state index contributed by atoms with van der Waals surface area (Å²) in [5.74, 6) is 1.12. The molecule has 0 aliphatic heterocycles. The Bertz CT molecular complexity index is 1230. The molecule has 7 nitrogen and oxygen atoms in total. The average Bonchev–Trinajstić information content (AvgIpc) is 3.61. The van der Waals surface area contributed by atoms with Crippen LogP contribution in [0.15, 0.2) is 36.5 Å². The topological polar surface area (TPSA) is 89.3 Å². The van der Waals surface area contributed by atoms with Crippen LogP contribution in [0.4, 0.5) is 0 Å². The number of aromatic nitrogens is 3. The monoisotopic (exact) mass is 488 g/mol. The van der Waals surface area contributed by atoms with Crippen LogP contribution in [0, 0.1) is 19.8 Å². The van der Waals surface area contributed by atoms with Gasteiger partial charge in [-0.2, -0.15) is 0 Å². The number of carbonyl (C=O) groups excluding carboxylic acids is 1. The van der Waals surface area contributed by atoms with Gasteiger partial charge < -0.3 is 15.2 Å². The summed E-state index contributed by atoms with van der Waals surface area (Å²) in [6.45, 7) is 4.80. The van der Waals surface area contributed by atoms with Gasteiger partial charge in [-0.25, -0.2) is 0 Å². The minimum Gasteiger partial charge on any atom is -0.492 e. The van der Waals surface area contributed by atoms with E-state index in [-0.39, 0.29) is 11.9 Å². The molecule has 0 saturated heterocycles. The van der Waals surface area contributed by atoms with Crippen LogP contribution in [-0.4, -0.2) is 44.8 Å². The summed E-state index contributed by atoms with van der Waals surface area (Å²) in [5.41, 5.74) is 6.86. The van der Waals surface area contributed by atoms with Gasteiger partial charge in [-0.1, -0.05) is 42.3 Å². The Morgan fingerprint density at radius 3 is 2.53 bits per heavy atom. The fourth-order valence-electron chi connectivity index (χ4n) is 5.00. The number of rotatable bonds is 8. The molecule has 2 atom stereocenters. The van der Waals surface area contributed by atoms with Crippen LogP contribution in [0.25, 0.3) is 11.3 Å². The summed E-state index contributed by atoms with van der Waals surface area (Å²) < 4.78 is 7.94. The predicted octanol–water partition coefficient (Wildman–Crippen LogP) is 4.51. The molecule has 0 unspecified atom stereocenters. The van der Waals surface area contributed by atoms with Crippen molar-refractivity contribution in [2.45, 2.75) is 70.9 Å². The molecule has 0 radical (unpaired) electrons. The van der Waals surface area contributed by atoms with Crippen molar-refractivity contribution in [3.63, 3.8) is 0 Å². The molecule has 2 N–H and O–H groups in total. The van der Waals surface area contributed by atoms with Gasteiger partial charge in [-0.3, -0.25) is 9.48 Å². The maximum Gasteiger partial charge on any atom is 0.255 e. The van der Waals surface area contributed by atoms with E-state index in [0.29, 0.717) is 30.3 Å². The third-order valence-corrected chi connectivity index (χ3v) is 7.65. The number of aliphatic hydroxyl groups is 1. The number of amides is 1. The van der Waals surface area contributed by atoms with E-state index in [2.05, 4.69) is 46.8 Å². The quantitative estimate of drug-likeness (QED) is 0.487. The van der Waals surface area contributed by atoms with E-state index >= 15 is 0 Å². The molecule has 36 heavy (non-hydrogen) atoms. The molecule has 2 saturated carbocycles. The van der Waals surface area contributed by atoms with Crippen molar-refractivity contribution < 1.29 is 14.6 Å². The summed E-state index contributed by atoms with van der Waals surface area (Å²) >= 11 is 0. The van der Waals surface area contributed by atoms with Gasteiger partial charge in [-0.15, -0.1) is 5.10 Å². The van der Waals surface area contributed by atoms with Crippen LogP contribution < -0.4 is 10.1 Å². The Labute approximate surface area is 212 Å². The van der Waals surface area contributed by atoms with E-state index in [4.69, 9.17) is 4.74 Å². The second kappa shape index (κ2) is 10.4. The molecular weight excluding hydrogens is 452 g/mol. The van der Waals surface area contributed by atoms with Crippen LogP contribution in [0.3, 0.4) is 0 Å². The number of ether oxygens (including phenoxy) is 1. The van der Waals surface area contributed by atoms with Crippen LogP contribution in [0.5, 0.6) is 5.75 Å². The number of nitrogens with one attached hydrogen (secondary N) is 1. The van der Waals surface area contributed by atoms with Crippen molar-refractivity contribution in [3.8, 4) is 17.0 Å². The maximum absolute atomic E-state index is 13.5. The maximum atomic E-state index is 13.5. The SMILES string of the molecule is Cc1c(Cc2ccc(-c3cn(C)nn3)cc2)cc(C(=O)N[C@H]2CCCC[C@@H]2O)c(OCC2CC2)c1C. The zero-order valence-corrected chi connectivity index (χ0v) is 21.5. The van der Waals surface area contributed by atoms with E-state index in [9.17, 15) is 9.90 Å². The van der Waals surface area contributed by atoms with E-state index in [1.165, 1.54) is 12.8 Å². The summed E-state index contributed by atoms with van der Waals surface area (Å²) in [5, 5.41) is 21.7. The van der Waals surface area contributed by atoms with E-state index in [1.807, 2.05) is 26.2 Å². The minimum atomic E-state index is -0.489. The predicted molar refractivity (Wildman–Crippen MR) is 139 cm³/mol. The number of benzene rings is 2. The van der Waals surface area contributed by atoms with E-state index in [1.54, 1.807) is 4.68 Å². The molecular formula is C29H36N4O3. The van der Waals surface area contributed by atoms with E-state index in [0.717, 1.165) is 59.2 Å². The third kappa shape index (κ3) is 5.46. The average molecular weight is 489 g/mol. The molecule has 5 rings (SSSR count). The summed E-state index contributed by atoms with van der Waals surface area (Å²) in [4.78, 5) is 13.5. The number of carbonyl (C=O) groups is 1. The van der Waals surface area contributed by atoms with Crippen LogP contribution >= 0.6 is 0 Å². The van der Waals surface area contributed by atoms with Crippen LogP contribution in [0.1, 0.15) is 71.1 Å². The van der Waals surface area contributed by atoms with E-state index < -0.39 is 6.10 Å². The highest BCUT2D eigenvalue weighted by Crippen LogP contribution is 2.35. The lowest BCUT2D eigenvalue weighted by atomic mass is 9.91. The lowest BCUT2D eigenvalue weighted by Crippen LogP contribution is -2.45. The highest BCUT2D eigenvalue weighted by molar-refractivity contribution is 5.98. The molecule has 190 valence electrons. The number of nitrogens with zero attached hydrogens (tertiary/aromatic N) is 3. The van der Waals surface area contributed by atoms with Crippen LogP contribution in [-0.2, 0) is 13.5 Å². The number of hydrogen-bond acceptors (Lipinski definition) is 5. The molecule has 1 aromatic heterocycles. The van der Waals surface area contributed by atoms with Crippen molar-refractivity contribution in [2.75, 3.05) is 6.61 Å². The first-order valence-electron chi connectivity index (χ1n) is 13.1. The second-order valence-corrected chi connectivity index (χ2v) is 10.5. The Balaban J connectivity index is 1.41. The van der Waals surface area contributed by atoms with Gasteiger partial charge in [0.15, 0.2) is 0 Å². The Morgan fingerprint density at radius 2 is 1.86 bits per heavy atom. The largest absolute Gasteiger partial charge is 0.492 e. The van der Waals surface area contributed by atoms with Crippen molar-refractivity contribution >= 4 is 5.91 Å². The van der Waals surface area contributed by atoms with Gasteiger partial charge in [0.05, 0.1) is 30.5 Å². The fraction of sp³-hybridized carbons (Fsp3) is 0.483. The Hall–Kier alpha value is -3.19. The number of aliphatic hydroxyl groups excluding tert-OH is 1. The van der Waals surface area contributed by atoms with Crippen molar-refractivity contribution in [2.24, 2.45) is 13.0 Å². The molecule has 2 aliphatic rings. The van der Waals surface area contributed by atoms with Crippen molar-refractivity contribution in [3.05, 3.63) is 64.3 Å². The summed E-state index contributed by atoms with van der Waals surface area (Å²) in [6, 6.07) is 10.1. The first-order chi connectivity index (χ1) is 17.4. The summed E-state index contributed by atoms with van der Waals surface area (Å²) in [7, 11) is 1.86. The highest BCUT2D eigenvalue weighted by Gasteiger charge is 2.28. The zero-order valence-electron chi connectivity index (χ0n) is 21.5. The molecule has 2 aromatic carbocycles. The molecule has 0 spiro atoms. The van der Waals surface area contributed by atoms with Gasteiger partial charge in [0.1, 0.15) is 11.4 Å². The van der Waals surface area contributed by atoms with Gasteiger partial charge in [0, 0.05) is 12.6 Å². The van der Waals surface area contributed by atoms with Gasteiger partial charge in [0.25, 0.3) is 5.91 Å². The molecule has 1 amide bonds. The molecule has 2 aliphatic carbocycles. The minimum absolute atomic E-state index is 0.158. The molecule has 2 fully saturated rings. The Morgan fingerprint density at radius 1 is 1.11 bits per heavy atom. The third-order valence-electron chi connectivity index (χ3n) is 7.65. The number of aryl methyl sites for hydroxylation is 1.